The van der Waals surface area contributed by atoms with Crippen LogP contribution in [0.15, 0.2) is 16.4 Å². The fraction of sp³-hybridized carbons (Fsp3) is 0.611. The molecule has 1 amide bonds. The van der Waals surface area contributed by atoms with Crippen molar-refractivity contribution in [1.29, 1.82) is 0 Å². The second-order valence-electron chi connectivity index (χ2n) is 8.12. The summed E-state index contributed by atoms with van der Waals surface area (Å²) in [5.41, 5.74) is 0.648. The lowest BCUT2D eigenvalue weighted by Gasteiger charge is -2.34. The number of hydrogen-bond donors (Lipinski definition) is 0. The van der Waals surface area contributed by atoms with Crippen LogP contribution in [-0.2, 0) is 5.41 Å². The number of aromatic nitrogens is 2. The van der Waals surface area contributed by atoms with Gasteiger partial charge in [0.05, 0.1) is 0 Å². The Bertz CT molecular complexity index is 821. The average molecular weight is 347 g/mol. The van der Waals surface area contributed by atoms with Gasteiger partial charge in [-0.2, -0.15) is 0 Å². The Balaban J connectivity index is 2.05. The first kappa shape index (κ1) is 17.1. The Morgan fingerprint density at radius 3 is 2.46 bits per heavy atom. The van der Waals surface area contributed by atoms with Gasteiger partial charge in [-0.05, 0) is 18.3 Å². The van der Waals surface area contributed by atoms with E-state index in [1.807, 2.05) is 10.3 Å². The molecule has 5 nitrogen and oxygen atoms in total. The van der Waals surface area contributed by atoms with E-state index in [2.05, 4.69) is 39.6 Å². The van der Waals surface area contributed by atoms with Crippen LogP contribution in [0.2, 0.25) is 0 Å². The standard InChI is InChI=1S/C18H25N3O2S/c1-11-6-12(2)9-20(8-11)15(22)13-7-19-17-21(16(13)23)14(10-24-17)18(3,4)5/h7,10-12H,6,8-9H2,1-5H3. The molecule has 3 heterocycles. The lowest BCUT2D eigenvalue weighted by molar-refractivity contribution is 0.0620. The second kappa shape index (κ2) is 5.99. The summed E-state index contributed by atoms with van der Waals surface area (Å²) in [6, 6.07) is 0. The van der Waals surface area contributed by atoms with Crippen LogP contribution in [0.1, 0.15) is 57.1 Å². The van der Waals surface area contributed by atoms with Gasteiger partial charge in [-0.1, -0.05) is 34.6 Å². The fourth-order valence-electron chi connectivity index (χ4n) is 3.55. The predicted molar refractivity (Wildman–Crippen MR) is 96.9 cm³/mol. The normalized spacial score (nSPS) is 22.1. The first-order valence-corrected chi connectivity index (χ1v) is 9.35. The molecule has 3 rings (SSSR count). The molecule has 0 spiro atoms. The molecule has 2 atom stereocenters. The molecule has 130 valence electrons. The van der Waals surface area contributed by atoms with Crippen molar-refractivity contribution in [2.75, 3.05) is 13.1 Å². The number of hydrogen-bond acceptors (Lipinski definition) is 4. The molecule has 0 saturated carbocycles. The summed E-state index contributed by atoms with van der Waals surface area (Å²) >= 11 is 1.44. The highest BCUT2D eigenvalue weighted by molar-refractivity contribution is 7.15. The van der Waals surface area contributed by atoms with Gasteiger partial charge < -0.3 is 4.90 Å². The van der Waals surface area contributed by atoms with Gasteiger partial charge in [0.25, 0.3) is 11.5 Å². The molecule has 24 heavy (non-hydrogen) atoms. The van der Waals surface area contributed by atoms with E-state index in [1.54, 1.807) is 4.40 Å². The van der Waals surface area contributed by atoms with Crippen molar-refractivity contribution in [3.05, 3.63) is 33.2 Å². The highest BCUT2D eigenvalue weighted by atomic mass is 32.1. The molecule has 0 N–H and O–H groups in total. The molecule has 6 heteroatoms. The summed E-state index contributed by atoms with van der Waals surface area (Å²) in [6.07, 6.45) is 2.58. The minimum absolute atomic E-state index is 0.178. The van der Waals surface area contributed by atoms with E-state index in [0.29, 0.717) is 29.9 Å². The van der Waals surface area contributed by atoms with Crippen molar-refractivity contribution in [3.63, 3.8) is 0 Å². The van der Waals surface area contributed by atoms with Crippen LogP contribution in [0.5, 0.6) is 0 Å². The highest BCUT2D eigenvalue weighted by Gasteiger charge is 2.29. The average Bonchev–Trinajstić information content (AvgIpc) is 2.91. The van der Waals surface area contributed by atoms with Crippen LogP contribution in [0.25, 0.3) is 4.96 Å². The van der Waals surface area contributed by atoms with Crippen molar-refractivity contribution < 1.29 is 4.79 Å². The van der Waals surface area contributed by atoms with Crippen molar-refractivity contribution in [2.45, 2.75) is 46.5 Å². The summed E-state index contributed by atoms with van der Waals surface area (Å²) in [5, 5.41) is 1.96. The van der Waals surface area contributed by atoms with Crippen LogP contribution in [0.3, 0.4) is 0 Å². The maximum absolute atomic E-state index is 13.0. The van der Waals surface area contributed by atoms with E-state index < -0.39 is 0 Å². The minimum atomic E-state index is -0.248. The van der Waals surface area contributed by atoms with E-state index >= 15 is 0 Å². The predicted octanol–water partition coefficient (Wildman–Crippen LogP) is 3.17. The Morgan fingerprint density at radius 1 is 1.25 bits per heavy atom. The first-order valence-electron chi connectivity index (χ1n) is 8.47. The monoisotopic (exact) mass is 347 g/mol. The molecule has 1 fully saturated rings. The summed E-state index contributed by atoms with van der Waals surface area (Å²) in [5.74, 6) is 0.734. The van der Waals surface area contributed by atoms with Gasteiger partial charge in [-0.3, -0.25) is 14.0 Å². The third kappa shape index (κ3) is 2.99. The van der Waals surface area contributed by atoms with Gasteiger partial charge in [0, 0.05) is 35.8 Å². The van der Waals surface area contributed by atoms with E-state index in [9.17, 15) is 9.59 Å². The zero-order valence-electron chi connectivity index (χ0n) is 15.0. The van der Waals surface area contributed by atoms with Gasteiger partial charge in [0.2, 0.25) is 0 Å². The van der Waals surface area contributed by atoms with E-state index in [0.717, 1.165) is 12.1 Å². The molecule has 2 aromatic rings. The molecule has 2 unspecified atom stereocenters. The number of fused-ring (bicyclic) bond motifs is 1. The van der Waals surface area contributed by atoms with Gasteiger partial charge in [-0.25, -0.2) is 4.98 Å². The minimum Gasteiger partial charge on any atom is -0.338 e. The summed E-state index contributed by atoms with van der Waals surface area (Å²) in [6.45, 7) is 11.9. The van der Waals surface area contributed by atoms with Crippen LogP contribution < -0.4 is 5.56 Å². The van der Waals surface area contributed by atoms with Crippen molar-refractivity contribution in [1.82, 2.24) is 14.3 Å². The van der Waals surface area contributed by atoms with Crippen LogP contribution >= 0.6 is 11.3 Å². The number of piperidine rings is 1. The number of carbonyl (C=O) groups excluding carboxylic acids is 1. The van der Waals surface area contributed by atoms with Crippen LogP contribution in [0.4, 0.5) is 0 Å². The van der Waals surface area contributed by atoms with Gasteiger partial charge in [-0.15, -0.1) is 11.3 Å². The smallest absolute Gasteiger partial charge is 0.271 e. The summed E-state index contributed by atoms with van der Waals surface area (Å²) < 4.78 is 1.61. The van der Waals surface area contributed by atoms with E-state index in [-0.39, 0.29) is 22.4 Å². The van der Waals surface area contributed by atoms with Crippen LogP contribution in [0, 0.1) is 11.8 Å². The van der Waals surface area contributed by atoms with E-state index in [4.69, 9.17) is 0 Å². The number of rotatable bonds is 1. The molecule has 0 bridgehead atoms. The molecule has 0 aromatic carbocycles. The zero-order chi connectivity index (χ0) is 17.6. The number of carbonyl (C=O) groups is 1. The van der Waals surface area contributed by atoms with Crippen molar-refractivity contribution in [2.24, 2.45) is 11.8 Å². The number of nitrogens with zero attached hydrogens (tertiary/aromatic N) is 3. The first-order chi connectivity index (χ1) is 11.2. The molecule has 0 radical (unpaired) electrons. The molecule has 1 aliphatic heterocycles. The number of likely N-dealkylation sites (tertiary alicyclic amines) is 1. The third-order valence-electron chi connectivity index (χ3n) is 4.60. The molecular weight excluding hydrogens is 322 g/mol. The van der Waals surface area contributed by atoms with Gasteiger partial charge in [0.15, 0.2) is 4.96 Å². The summed E-state index contributed by atoms with van der Waals surface area (Å²) in [4.78, 5) is 32.7. The molecule has 2 aromatic heterocycles. The Hall–Kier alpha value is -1.69. The largest absolute Gasteiger partial charge is 0.338 e. The Labute approximate surface area is 146 Å². The third-order valence-corrected chi connectivity index (χ3v) is 5.44. The van der Waals surface area contributed by atoms with E-state index in [1.165, 1.54) is 17.5 Å². The topological polar surface area (TPSA) is 54.7 Å². The van der Waals surface area contributed by atoms with Crippen molar-refractivity contribution >= 4 is 22.2 Å². The fourth-order valence-corrected chi connectivity index (χ4v) is 4.63. The van der Waals surface area contributed by atoms with Gasteiger partial charge >= 0.3 is 0 Å². The lowest BCUT2D eigenvalue weighted by Crippen LogP contribution is -2.44. The van der Waals surface area contributed by atoms with Gasteiger partial charge in [0.1, 0.15) is 5.56 Å². The maximum Gasteiger partial charge on any atom is 0.271 e. The molecule has 0 aliphatic carbocycles. The maximum atomic E-state index is 13.0. The number of amides is 1. The number of thiazole rings is 1. The SMILES string of the molecule is CC1CC(C)CN(C(=O)c2cnc3scc(C(C)(C)C)n3c2=O)C1. The highest BCUT2D eigenvalue weighted by Crippen LogP contribution is 2.26. The second-order valence-corrected chi connectivity index (χ2v) is 8.96. The lowest BCUT2D eigenvalue weighted by atomic mass is 9.91. The quantitative estimate of drug-likeness (QED) is 0.796. The molecule has 1 saturated heterocycles. The van der Waals surface area contributed by atoms with Crippen molar-refractivity contribution in [3.8, 4) is 0 Å². The zero-order valence-corrected chi connectivity index (χ0v) is 15.8. The Morgan fingerprint density at radius 2 is 1.88 bits per heavy atom. The molecular formula is C18H25N3O2S. The molecule has 1 aliphatic rings. The summed E-state index contributed by atoms with van der Waals surface area (Å²) in [7, 11) is 0. The Kier molecular flexibility index (Phi) is 4.28. The van der Waals surface area contributed by atoms with Crippen LogP contribution in [-0.4, -0.2) is 33.3 Å².